The van der Waals surface area contributed by atoms with E-state index in [1.54, 1.807) is 41.7 Å². The topological polar surface area (TPSA) is 222 Å². The number of hydrogen-bond donors (Lipinski definition) is 6. The largest absolute Gasteiger partial charge is 0.507 e. The van der Waals surface area contributed by atoms with Gasteiger partial charge in [0.05, 0.1) is 28.8 Å². The molecule has 318 valence electrons. The van der Waals surface area contributed by atoms with E-state index in [-0.39, 0.29) is 72.6 Å². The average Bonchev–Trinajstić information content (AvgIpc) is 3.80. The highest BCUT2D eigenvalue weighted by Gasteiger charge is 2.67. The van der Waals surface area contributed by atoms with Crippen LogP contribution in [-0.4, -0.2) is 90.8 Å². The Hall–Kier alpha value is -5.61. The molecule has 0 spiro atoms. The number of nitrogens with one attached hydrogen (secondary N) is 3. The predicted molar refractivity (Wildman–Crippen MR) is 226 cm³/mol. The predicted octanol–water partition coefficient (Wildman–Crippen LogP) is 4.65. The van der Waals surface area contributed by atoms with Crippen molar-refractivity contribution >= 4 is 40.8 Å². The molecule has 3 heterocycles. The number of phenolic OH excluding ortho intramolecular Hbond substituents is 1. The van der Waals surface area contributed by atoms with Crippen LogP contribution in [0.15, 0.2) is 60.1 Å². The second-order valence-electron chi connectivity index (χ2n) is 17.8. The van der Waals surface area contributed by atoms with Crippen LogP contribution in [0.4, 0.5) is 5.82 Å². The van der Waals surface area contributed by atoms with E-state index in [0.29, 0.717) is 30.0 Å². The number of likely N-dealkylation sites (tertiary alicyclic amines) is 1. The number of aryl methyl sites for hydroxylation is 1. The van der Waals surface area contributed by atoms with E-state index in [1.165, 1.54) is 4.90 Å². The van der Waals surface area contributed by atoms with Gasteiger partial charge in [-0.2, -0.15) is 0 Å². The minimum absolute atomic E-state index is 0.0168. The van der Waals surface area contributed by atoms with Crippen LogP contribution in [0, 0.1) is 17.8 Å². The number of aromatic hydroxyl groups is 1. The molecule has 1 saturated heterocycles. The van der Waals surface area contributed by atoms with Crippen LogP contribution in [-0.2, 0) is 25.7 Å². The molecular formula is C44H54N8O7S. The number of phenols is 1. The lowest BCUT2D eigenvalue weighted by Gasteiger charge is -2.71. The molecule has 3 atom stereocenters. The summed E-state index contributed by atoms with van der Waals surface area (Å²) in [6.45, 7) is 8.14. The lowest BCUT2D eigenvalue weighted by atomic mass is 9.38. The van der Waals surface area contributed by atoms with Crippen molar-refractivity contribution in [3.8, 4) is 33.2 Å². The number of hydrogen-bond acceptors (Lipinski definition) is 12. The highest BCUT2D eigenvalue weighted by molar-refractivity contribution is 7.13. The zero-order chi connectivity index (χ0) is 42.8. The number of aliphatic hydroxyl groups excluding tert-OH is 1. The van der Waals surface area contributed by atoms with E-state index in [9.17, 15) is 29.4 Å². The second kappa shape index (κ2) is 17.2. The summed E-state index contributed by atoms with van der Waals surface area (Å²) in [6.07, 6.45) is 3.08. The minimum atomic E-state index is -0.950. The molecule has 2 aromatic carbocycles. The van der Waals surface area contributed by atoms with Gasteiger partial charge in [-0.05, 0) is 73.1 Å². The highest BCUT2D eigenvalue weighted by atomic mass is 32.1. The Balaban J connectivity index is 0.832. The summed E-state index contributed by atoms with van der Waals surface area (Å²) in [5, 5.41) is 37.8. The Morgan fingerprint density at radius 2 is 1.75 bits per heavy atom. The fourth-order valence-corrected chi connectivity index (χ4v) is 9.69. The van der Waals surface area contributed by atoms with Crippen LogP contribution < -0.4 is 26.4 Å². The van der Waals surface area contributed by atoms with Crippen LogP contribution in [0.25, 0.3) is 21.7 Å². The summed E-state index contributed by atoms with van der Waals surface area (Å²) >= 11 is 1.57. The zero-order valence-corrected chi connectivity index (χ0v) is 35.3. The molecule has 4 fully saturated rings. The van der Waals surface area contributed by atoms with Crippen LogP contribution >= 0.6 is 11.3 Å². The Kier molecular flexibility index (Phi) is 12.2. The number of carbonyl (C=O) groups is 4. The summed E-state index contributed by atoms with van der Waals surface area (Å²) in [5.41, 5.74) is 10.9. The standard InChI is InChI=1S/C44H54N8O7S/c1-26-37(60-25-47-26)28-14-12-27(13-15-28)20-46-40(57)32-18-29(53)21-52(32)41(58)38(42(2,3)4)48-35(55)10-7-11-36(56)49-44-22-43(23-44,24-44)16-17-59-34-19-31(50-51-39(34)45)30-8-5-6-9-33(30)54/h5-6,8-9,12-15,19,25,29,32,38,53-54H,7,10-11,16-18,20-24H2,1-4H3,(H2,45,51)(H,46,57)(H,48,55)(H,49,56)/t29-,32+,38-,43?,44?/m1/s1. The molecular weight excluding hydrogens is 785 g/mol. The number of thiazole rings is 1. The van der Waals surface area contributed by atoms with Crippen molar-refractivity contribution < 1.29 is 34.1 Å². The number of β-amino-alcohol motifs (C(OH)–C–C–N with tert-alkyl or cyclic N) is 1. The number of nitrogen functional groups attached to an aromatic ring is 1. The van der Waals surface area contributed by atoms with Gasteiger partial charge in [-0.25, -0.2) is 4.98 Å². The lowest BCUT2D eigenvalue weighted by molar-refractivity contribution is -0.171. The van der Waals surface area contributed by atoms with Crippen molar-refractivity contribution in [1.29, 1.82) is 0 Å². The smallest absolute Gasteiger partial charge is 0.246 e. The molecule has 0 unspecified atom stereocenters. The number of anilines is 1. The Labute approximate surface area is 353 Å². The number of para-hydroxylation sites is 1. The summed E-state index contributed by atoms with van der Waals surface area (Å²) in [5.74, 6) is -0.633. The number of aliphatic hydroxyl groups is 1. The maximum Gasteiger partial charge on any atom is 0.246 e. The average molecular weight is 839 g/mol. The van der Waals surface area contributed by atoms with Gasteiger partial charge in [-0.1, -0.05) is 57.2 Å². The first-order valence-electron chi connectivity index (χ1n) is 20.4. The van der Waals surface area contributed by atoms with E-state index in [2.05, 4.69) is 31.1 Å². The van der Waals surface area contributed by atoms with Crippen molar-refractivity contribution in [3.05, 3.63) is 71.4 Å². The molecule has 0 radical (unpaired) electrons. The number of nitrogens with zero attached hydrogens (tertiary/aromatic N) is 4. The second-order valence-corrected chi connectivity index (χ2v) is 18.6. The maximum atomic E-state index is 14.0. The van der Waals surface area contributed by atoms with E-state index in [1.807, 2.05) is 57.5 Å². The molecule has 60 heavy (non-hydrogen) atoms. The molecule has 3 aliphatic carbocycles. The molecule has 2 aromatic heterocycles. The molecule has 4 aliphatic rings. The molecule has 2 bridgehead atoms. The number of ether oxygens (including phenoxy) is 1. The van der Waals surface area contributed by atoms with Crippen LogP contribution in [0.3, 0.4) is 0 Å². The quantitative estimate of drug-likeness (QED) is 0.0912. The Morgan fingerprint density at radius 1 is 1.03 bits per heavy atom. The van der Waals surface area contributed by atoms with Gasteiger partial charge in [-0.3, -0.25) is 19.2 Å². The van der Waals surface area contributed by atoms with Gasteiger partial charge in [0.25, 0.3) is 0 Å². The van der Waals surface area contributed by atoms with Crippen molar-refractivity contribution in [2.75, 3.05) is 18.9 Å². The van der Waals surface area contributed by atoms with Crippen LogP contribution in [0.1, 0.15) is 83.4 Å². The number of amides is 4. The van der Waals surface area contributed by atoms with Crippen LogP contribution in [0.5, 0.6) is 11.5 Å². The van der Waals surface area contributed by atoms with E-state index in [4.69, 9.17) is 10.5 Å². The molecule has 1 aliphatic heterocycles. The number of carbonyl (C=O) groups excluding carboxylic acids is 4. The van der Waals surface area contributed by atoms with Gasteiger partial charge < -0.3 is 41.5 Å². The first-order chi connectivity index (χ1) is 28.5. The van der Waals surface area contributed by atoms with Crippen molar-refractivity contribution in [1.82, 2.24) is 36.0 Å². The molecule has 7 N–H and O–H groups in total. The third kappa shape index (κ3) is 9.39. The SMILES string of the molecule is Cc1ncsc1-c1ccc(CNC(=O)[C@@H]2C[C@@H](O)CN2C(=O)[C@@H](NC(=O)CCCC(=O)NC23CC(CCOc4cc(-c5ccccc5O)nnc4N)(C2)C3)C(C)(C)C)cc1. The van der Waals surface area contributed by atoms with Gasteiger partial charge in [0.15, 0.2) is 11.6 Å². The fourth-order valence-electron chi connectivity index (χ4n) is 8.88. The summed E-state index contributed by atoms with van der Waals surface area (Å²) in [4.78, 5) is 60.4. The first-order valence-corrected chi connectivity index (χ1v) is 21.3. The van der Waals surface area contributed by atoms with Crippen LogP contribution in [0.2, 0.25) is 0 Å². The molecule has 8 rings (SSSR count). The van der Waals surface area contributed by atoms with E-state index in [0.717, 1.165) is 47.4 Å². The maximum absolute atomic E-state index is 14.0. The van der Waals surface area contributed by atoms with Gasteiger partial charge in [0.1, 0.15) is 23.5 Å². The molecule has 4 aromatic rings. The van der Waals surface area contributed by atoms with E-state index >= 15 is 0 Å². The summed E-state index contributed by atoms with van der Waals surface area (Å²) in [6, 6.07) is 14.5. The zero-order valence-electron chi connectivity index (χ0n) is 34.5. The first kappa shape index (κ1) is 42.5. The minimum Gasteiger partial charge on any atom is -0.507 e. The summed E-state index contributed by atoms with van der Waals surface area (Å²) in [7, 11) is 0. The van der Waals surface area contributed by atoms with Crippen molar-refractivity contribution in [3.63, 3.8) is 0 Å². The number of aromatic nitrogens is 3. The third-order valence-electron chi connectivity index (χ3n) is 11.9. The van der Waals surface area contributed by atoms with Crippen molar-refractivity contribution in [2.45, 2.75) is 109 Å². The molecule has 3 saturated carbocycles. The summed E-state index contributed by atoms with van der Waals surface area (Å²) < 4.78 is 5.99. The molecule has 4 amide bonds. The Morgan fingerprint density at radius 3 is 2.43 bits per heavy atom. The highest BCUT2D eigenvalue weighted by Crippen LogP contribution is 2.69. The van der Waals surface area contributed by atoms with Gasteiger partial charge >= 0.3 is 0 Å². The number of rotatable bonds is 16. The normalized spacial score (nSPS) is 22.2. The van der Waals surface area contributed by atoms with Crippen molar-refractivity contribution in [2.24, 2.45) is 10.8 Å². The van der Waals surface area contributed by atoms with Gasteiger partial charge in [0, 0.05) is 49.5 Å². The lowest BCUT2D eigenvalue weighted by Crippen LogP contribution is -2.74. The van der Waals surface area contributed by atoms with Gasteiger partial charge in [0.2, 0.25) is 23.6 Å². The van der Waals surface area contributed by atoms with Gasteiger partial charge in [-0.15, -0.1) is 21.5 Å². The molecule has 16 heteroatoms. The number of nitrogens with two attached hydrogens (primary N) is 1. The van der Waals surface area contributed by atoms with E-state index < -0.39 is 29.5 Å². The monoisotopic (exact) mass is 838 g/mol. The fraction of sp³-hybridized carbons (Fsp3) is 0.477. The molecule has 15 nitrogen and oxygen atoms in total. The third-order valence-corrected chi connectivity index (χ3v) is 12.9. The Bertz CT molecular complexity index is 2220. The number of benzene rings is 2.